The van der Waals surface area contributed by atoms with Crippen LogP contribution in [0.15, 0.2) is 67.0 Å². The number of aromatic nitrogens is 1. The van der Waals surface area contributed by atoms with Gasteiger partial charge >= 0.3 is 0 Å². The minimum Gasteiger partial charge on any atom is -0.322 e. The molecule has 0 aliphatic carbocycles. The second-order valence-electron chi connectivity index (χ2n) is 6.32. The summed E-state index contributed by atoms with van der Waals surface area (Å²) in [6.45, 7) is 4.32. The molecule has 0 saturated carbocycles. The lowest BCUT2D eigenvalue weighted by molar-refractivity contribution is 0.0988. The highest BCUT2D eigenvalue weighted by molar-refractivity contribution is 6.09. The molecule has 0 saturated heterocycles. The van der Waals surface area contributed by atoms with Gasteiger partial charge in [0.2, 0.25) is 0 Å². The van der Waals surface area contributed by atoms with Gasteiger partial charge < -0.3 is 10.2 Å². The van der Waals surface area contributed by atoms with Crippen molar-refractivity contribution in [3.63, 3.8) is 0 Å². The molecular weight excluding hydrogens is 357 g/mol. The molecule has 142 valence electrons. The average Bonchev–Trinajstić information content (AvgIpc) is 2.68. The molecule has 0 aliphatic heterocycles. The van der Waals surface area contributed by atoms with Crippen LogP contribution in [-0.4, -0.2) is 23.3 Å². The van der Waals surface area contributed by atoms with Crippen molar-refractivity contribution in [3.8, 4) is 0 Å². The van der Waals surface area contributed by atoms with E-state index in [9.17, 15) is 14.0 Å². The zero-order valence-corrected chi connectivity index (χ0v) is 15.6. The molecule has 1 aromatic heterocycles. The van der Waals surface area contributed by atoms with Crippen LogP contribution in [0.1, 0.15) is 33.2 Å². The Balaban J connectivity index is 1.83. The smallest absolute Gasteiger partial charge is 0.259 e. The summed E-state index contributed by atoms with van der Waals surface area (Å²) >= 11 is 0. The van der Waals surface area contributed by atoms with Gasteiger partial charge in [-0.15, -0.1) is 0 Å². The quantitative estimate of drug-likeness (QED) is 0.715. The average molecular weight is 377 g/mol. The fourth-order valence-corrected chi connectivity index (χ4v) is 2.85. The summed E-state index contributed by atoms with van der Waals surface area (Å²) in [7, 11) is 0. The van der Waals surface area contributed by atoms with Gasteiger partial charge in [0.05, 0.1) is 11.1 Å². The van der Waals surface area contributed by atoms with E-state index >= 15 is 0 Å². The van der Waals surface area contributed by atoms with Gasteiger partial charge in [0.15, 0.2) is 0 Å². The number of nitrogens with one attached hydrogen (secondary N) is 1. The highest BCUT2D eigenvalue weighted by Gasteiger charge is 2.18. The molecule has 0 aliphatic rings. The summed E-state index contributed by atoms with van der Waals surface area (Å²) in [5.41, 5.74) is 2.68. The molecule has 2 aromatic carbocycles. The zero-order chi connectivity index (χ0) is 20.1. The Morgan fingerprint density at radius 2 is 1.79 bits per heavy atom. The Bertz CT molecular complexity index is 1020. The van der Waals surface area contributed by atoms with E-state index in [2.05, 4.69) is 10.3 Å². The second kappa shape index (κ2) is 8.43. The predicted octanol–water partition coefficient (Wildman–Crippen LogP) is 4.45. The van der Waals surface area contributed by atoms with Gasteiger partial charge in [-0.2, -0.15) is 0 Å². The first-order chi connectivity index (χ1) is 13.5. The molecule has 0 bridgehead atoms. The Hall–Kier alpha value is -3.54. The minimum atomic E-state index is -0.466. The van der Waals surface area contributed by atoms with Crippen LogP contribution >= 0.6 is 0 Å². The highest BCUT2D eigenvalue weighted by Crippen LogP contribution is 2.19. The van der Waals surface area contributed by atoms with E-state index in [0.29, 0.717) is 17.8 Å². The van der Waals surface area contributed by atoms with E-state index in [1.54, 1.807) is 11.0 Å². The van der Waals surface area contributed by atoms with Crippen molar-refractivity contribution in [2.75, 3.05) is 16.8 Å². The first-order valence-corrected chi connectivity index (χ1v) is 8.88. The van der Waals surface area contributed by atoms with Crippen LogP contribution in [0.4, 0.5) is 15.8 Å². The molecule has 0 unspecified atom stereocenters. The van der Waals surface area contributed by atoms with Crippen LogP contribution in [0.3, 0.4) is 0 Å². The van der Waals surface area contributed by atoms with Crippen molar-refractivity contribution < 1.29 is 14.0 Å². The van der Waals surface area contributed by atoms with Crippen molar-refractivity contribution in [2.45, 2.75) is 13.8 Å². The van der Waals surface area contributed by atoms with Gasteiger partial charge in [0.1, 0.15) is 5.82 Å². The lowest BCUT2D eigenvalue weighted by atomic mass is 10.1. The zero-order valence-electron chi connectivity index (χ0n) is 15.6. The highest BCUT2D eigenvalue weighted by atomic mass is 19.1. The summed E-state index contributed by atoms with van der Waals surface area (Å²) < 4.78 is 13.3. The SMILES string of the molecule is CCN(C(=O)c1cncc(C(=O)Nc2cccc(F)c2)c1)c1cccc(C)c1. The number of carbonyl (C=O) groups is 2. The van der Waals surface area contributed by atoms with Crippen LogP contribution in [-0.2, 0) is 0 Å². The Morgan fingerprint density at radius 3 is 2.50 bits per heavy atom. The number of aryl methyl sites for hydroxylation is 1. The molecule has 1 heterocycles. The number of rotatable bonds is 5. The standard InChI is InChI=1S/C22H20FN3O2/c1-3-26(20-9-4-6-15(2)10-20)22(28)17-11-16(13-24-14-17)21(27)25-19-8-5-7-18(23)12-19/h4-14H,3H2,1-2H3,(H,25,27). The molecule has 2 amide bonds. The number of halogens is 1. The summed E-state index contributed by atoms with van der Waals surface area (Å²) in [5, 5.41) is 2.60. The van der Waals surface area contributed by atoms with E-state index in [-0.39, 0.29) is 11.5 Å². The van der Waals surface area contributed by atoms with Crippen molar-refractivity contribution in [2.24, 2.45) is 0 Å². The van der Waals surface area contributed by atoms with Gasteiger partial charge in [-0.05, 0) is 55.8 Å². The Morgan fingerprint density at radius 1 is 1.04 bits per heavy atom. The number of hydrogen-bond donors (Lipinski definition) is 1. The maximum atomic E-state index is 13.3. The third-order valence-corrected chi connectivity index (χ3v) is 4.20. The fourth-order valence-electron chi connectivity index (χ4n) is 2.85. The number of amides is 2. The summed E-state index contributed by atoms with van der Waals surface area (Å²) in [4.78, 5) is 31.1. The van der Waals surface area contributed by atoms with Crippen molar-refractivity contribution in [3.05, 3.63) is 89.5 Å². The number of hydrogen-bond acceptors (Lipinski definition) is 3. The predicted molar refractivity (Wildman–Crippen MR) is 107 cm³/mol. The number of benzene rings is 2. The molecular formula is C22H20FN3O2. The molecule has 0 spiro atoms. The number of anilines is 2. The lowest BCUT2D eigenvalue weighted by Crippen LogP contribution is -2.31. The van der Waals surface area contributed by atoms with Crippen molar-refractivity contribution >= 4 is 23.2 Å². The van der Waals surface area contributed by atoms with Crippen LogP contribution < -0.4 is 10.2 Å². The van der Waals surface area contributed by atoms with E-state index in [0.717, 1.165) is 11.3 Å². The minimum absolute atomic E-state index is 0.218. The third-order valence-electron chi connectivity index (χ3n) is 4.20. The van der Waals surface area contributed by atoms with Gasteiger partial charge in [-0.1, -0.05) is 18.2 Å². The number of nitrogens with zero attached hydrogens (tertiary/aromatic N) is 2. The summed E-state index contributed by atoms with van der Waals surface area (Å²) in [5.74, 6) is -1.16. The second-order valence-corrected chi connectivity index (χ2v) is 6.32. The maximum absolute atomic E-state index is 13.3. The Labute approximate surface area is 162 Å². The molecule has 3 aromatic rings. The molecule has 0 fully saturated rings. The monoisotopic (exact) mass is 377 g/mol. The van der Waals surface area contributed by atoms with Crippen LogP contribution in [0.2, 0.25) is 0 Å². The Kier molecular flexibility index (Phi) is 5.79. The van der Waals surface area contributed by atoms with Gasteiger partial charge in [-0.25, -0.2) is 4.39 Å². The van der Waals surface area contributed by atoms with Crippen LogP contribution in [0.5, 0.6) is 0 Å². The van der Waals surface area contributed by atoms with Crippen LogP contribution in [0, 0.1) is 12.7 Å². The van der Waals surface area contributed by atoms with Gasteiger partial charge in [0, 0.05) is 30.3 Å². The van der Waals surface area contributed by atoms with E-state index in [4.69, 9.17) is 0 Å². The van der Waals surface area contributed by atoms with Crippen LogP contribution in [0.25, 0.3) is 0 Å². The van der Waals surface area contributed by atoms with Gasteiger partial charge in [0.25, 0.3) is 11.8 Å². The number of carbonyl (C=O) groups excluding carboxylic acids is 2. The van der Waals surface area contributed by atoms with E-state index < -0.39 is 11.7 Å². The molecule has 3 rings (SSSR count). The topological polar surface area (TPSA) is 62.3 Å². The van der Waals surface area contributed by atoms with E-state index in [1.807, 2.05) is 38.1 Å². The fraction of sp³-hybridized carbons (Fsp3) is 0.136. The largest absolute Gasteiger partial charge is 0.322 e. The first kappa shape index (κ1) is 19.2. The normalized spacial score (nSPS) is 10.4. The summed E-state index contributed by atoms with van der Waals surface area (Å²) in [6.07, 6.45) is 2.80. The maximum Gasteiger partial charge on any atom is 0.259 e. The molecule has 0 radical (unpaired) electrons. The van der Waals surface area contributed by atoms with Crippen molar-refractivity contribution in [1.82, 2.24) is 4.98 Å². The van der Waals surface area contributed by atoms with Gasteiger partial charge in [-0.3, -0.25) is 14.6 Å². The van der Waals surface area contributed by atoms with E-state index in [1.165, 1.54) is 36.7 Å². The number of pyridine rings is 1. The third kappa shape index (κ3) is 4.40. The van der Waals surface area contributed by atoms with Crippen molar-refractivity contribution in [1.29, 1.82) is 0 Å². The molecule has 1 N–H and O–H groups in total. The molecule has 0 atom stereocenters. The summed E-state index contributed by atoms with van der Waals surface area (Å²) in [6, 6.07) is 14.7. The lowest BCUT2D eigenvalue weighted by Gasteiger charge is -2.21. The molecule has 28 heavy (non-hydrogen) atoms. The first-order valence-electron chi connectivity index (χ1n) is 8.88. The molecule has 6 heteroatoms. The molecule has 5 nitrogen and oxygen atoms in total.